The first kappa shape index (κ1) is 14.0. The molecule has 1 aliphatic rings. The largest absolute Gasteiger partial charge is 0.477 e. The number of nitrogens with one attached hydrogen (secondary N) is 1. The zero-order valence-corrected chi connectivity index (χ0v) is 11.1. The van der Waals surface area contributed by atoms with Crippen molar-refractivity contribution >= 4 is 5.97 Å². The Morgan fingerprint density at radius 3 is 2.84 bits per heavy atom. The number of likely N-dealkylation sites (tertiary alicyclic amines) is 1. The standard InChI is InChI=1S/C14H21N3O2/c18-14(19)13-6-4-5-12(16-13)11-15-7-10-17-8-2-1-3-9-17/h4-6,15H,1-3,7-11H2,(H,18,19). The molecular weight excluding hydrogens is 242 g/mol. The van der Waals surface area contributed by atoms with Crippen molar-refractivity contribution in [2.45, 2.75) is 25.8 Å². The minimum absolute atomic E-state index is 0.107. The molecule has 0 amide bonds. The maximum atomic E-state index is 10.8. The van der Waals surface area contributed by atoms with E-state index in [2.05, 4.69) is 15.2 Å². The number of nitrogens with zero attached hydrogens (tertiary/aromatic N) is 2. The summed E-state index contributed by atoms with van der Waals surface area (Å²) >= 11 is 0. The Labute approximate surface area is 113 Å². The van der Waals surface area contributed by atoms with Gasteiger partial charge in [-0.25, -0.2) is 9.78 Å². The molecule has 2 heterocycles. The first-order chi connectivity index (χ1) is 9.25. The van der Waals surface area contributed by atoms with Crippen LogP contribution in [0.15, 0.2) is 18.2 Å². The van der Waals surface area contributed by atoms with Crippen LogP contribution in [0.5, 0.6) is 0 Å². The Morgan fingerprint density at radius 2 is 2.11 bits per heavy atom. The molecule has 2 rings (SSSR count). The highest BCUT2D eigenvalue weighted by molar-refractivity contribution is 5.85. The van der Waals surface area contributed by atoms with Crippen LogP contribution in [0.3, 0.4) is 0 Å². The number of pyridine rings is 1. The average molecular weight is 263 g/mol. The third kappa shape index (κ3) is 4.61. The van der Waals surface area contributed by atoms with Gasteiger partial charge < -0.3 is 15.3 Å². The van der Waals surface area contributed by atoms with E-state index < -0.39 is 5.97 Å². The molecule has 1 aromatic heterocycles. The van der Waals surface area contributed by atoms with Gasteiger partial charge in [-0.3, -0.25) is 0 Å². The zero-order valence-electron chi connectivity index (χ0n) is 11.1. The smallest absolute Gasteiger partial charge is 0.354 e. The van der Waals surface area contributed by atoms with Crippen LogP contribution in [0.25, 0.3) is 0 Å². The molecule has 104 valence electrons. The highest BCUT2D eigenvalue weighted by atomic mass is 16.4. The summed E-state index contributed by atoms with van der Waals surface area (Å²) in [5, 5.41) is 12.2. The minimum Gasteiger partial charge on any atom is -0.477 e. The summed E-state index contributed by atoms with van der Waals surface area (Å²) in [5.74, 6) is -0.977. The lowest BCUT2D eigenvalue weighted by atomic mass is 10.1. The fourth-order valence-corrected chi connectivity index (χ4v) is 2.33. The molecule has 1 aromatic rings. The Morgan fingerprint density at radius 1 is 1.32 bits per heavy atom. The second kappa shape index (κ2) is 7.21. The Kier molecular flexibility index (Phi) is 5.30. The second-order valence-electron chi connectivity index (χ2n) is 4.90. The fourth-order valence-electron chi connectivity index (χ4n) is 2.33. The third-order valence-electron chi connectivity index (χ3n) is 3.39. The Balaban J connectivity index is 1.70. The number of carboxylic acid groups (broad SMARTS) is 1. The van der Waals surface area contributed by atoms with Gasteiger partial charge in [-0.05, 0) is 38.1 Å². The molecule has 1 aliphatic heterocycles. The maximum Gasteiger partial charge on any atom is 0.354 e. The molecule has 2 N–H and O–H groups in total. The van der Waals surface area contributed by atoms with Gasteiger partial charge in [-0.1, -0.05) is 12.5 Å². The summed E-state index contributed by atoms with van der Waals surface area (Å²) in [7, 11) is 0. The molecule has 0 aromatic carbocycles. The molecule has 0 atom stereocenters. The van der Waals surface area contributed by atoms with Crippen molar-refractivity contribution in [1.82, 2.24) is 15.2 Å². The van der Waals surface area contributed by atoms with E-state index >= 15 is 0 Å². The average Bonchev–Trinajstić information content (AvgIpc) is 2.45. The number of aromatic carboxylic acids is 1. The van der Waals surface area contributed by atoms with Crippen LogP contribution in [0.4, 0.5) is 0 Å². The second-order valence-corrected chi connectivity index (χ2v) is 4.90. The van der Waals surface area contributed by atoms with E-state index in [0.717, 1.165) is 18.8 Å². The normalized spacial score (nSPS) is 16.4. The first-order valence-corrected chi connectivity index (χ1v) is 6.88. The molecule has 0 saturated carbocycles. The number of aromatic nitrogens is 1. The lowest BCUT2D eigenvalue weighted by Crippen LogP contribution is -2.35. The van der Waals surface area contributed by atoms with Gasteiger partial charge in [0.2, 0.25) is 0 Å². The number of piperidine rings is 1. The molecule has 1 fully saturated rings. The topological polar surface area (TPSA) is 65.5 Å². The molecule has 0 aliphatic carbocycles. The maximum absolute atomic E-state index is 10.8. The summed E-state index contributed by atoms with van der Waals surface area (Å²) in [6, 6.07) is 5.10. The van der Waals surface area contributed by atoms with Gasteiger partial charge in [0.15, 0.2) is 0 Å². The summed E-state index contributed by atoms with van der Waals surface area (Å²) in [6.07, 6.45) is 3.97. The van der Waals surface area contributed by atoms with E-state index in [0.29, 0.717) is 6.54 Å². The summed E-state index contributed by atoms with van der Waals surface area (Å²) in [5.41, 5.74) is 0.883. The van der Waals surface area contributed by atoms with Crippen LogP contribution in [0.2, 0.25) is 0 Å². The van der Waals surface area contributed by atoms with Crippen LogP contribution in [0.1, 0.15) is 35.4 Å². The molecule has 19 heavy (non-hydrogen) atoms. The van der Waals surface area contributed by atoms with Crippen molar-refractivity contribution in [3.05, 3.63) is 29.6 Å². The highest BCUT2D eigenvalue weighted by Gasteiger charge is 2.09. The molecule has 0 radical (unpaired) electrons. The van der Waals surface area contributed by atoms with Crippen LogP contribution in [-0.4, -0.2) is 47.1 Å². The lowest BCUT2D eigenvalue weighted by molar-refractivity contribution is 0.0690. The quantitative estimate of drug-likeness (QED) is 0.759. The first-order valence-electron chi connectivity index (χ1n) is 6.88. The third-order valence-corrected chi connectivity index (χ3v) is 3.39. The van der Waals surface area contributed by atoms with Crippen molar-refractivity contribution in [3.8, 4) is 0 Å². The summed E-state index contributed by atoms with van der Waals surface area (Å²) in [4.78, 5) is 17.4. The molecule has 5 heteroatoms. The van der Waals surface area contributed by atoms with Crippen LogP contribution >= 0.6 is 0 Å². The molecule has 5 nitrogen and oxygen atoms in total. The number of hydrogen-bond donors (Lipinski definition) is 2. The molecule has 0 spiro atoms. The predicted molar refractivity (Wildman–Crippen MR) is 73.2 cm³/mol. The van der Waals surface area contributed by atoms with Gasteiger partial charge >= 0.3 is 5.97 Å². The van der Waals surface area contributed by atoms with Crippen LogP contribution in [0, 0.1) is 0 Å². The zero-order chi connectivity index (χ0) is 13.5. The molecule has 1 saturated heterocycles. The van der Waals surface area contributed by atoms with E-state index in [1.54, 1.807) is 6.07 Å². The fraction of sp³-hybridized carbons (Fsp3) is 0.571. The van der Waals surface area contributed by atoms with Crippen molar-refractivity contribution in [1.29, 1.82) is 0 Å². The minimum atomic E-state index is -0.977. The van der Waals surface area contributed by atoms with Gasteiger partial charge in [-0.15, -0.1) is 0 Å². The van der Waals surface area contributed by atoms with Gasteiger partial charge in [0.25, 0.3) is 0 Å². The molecular formula is C14H21N3O2. The van der Waals surface area contributed by atoms with E-state index in [1.165, 1.54) is 38.4 Å². The highest BCUT2D eigenvalue weighted by Crippen LogP contribution is 2.07. The lowest BCUT2D eigenvalue weighted by Gasteiger charge is -2.26. The van der Waals surface area contributed by atoms with Gasteiger partial charge in [0.1, 0.15) is 5.69 Å². The number of hydrogen-bond acceptors (Lipinski definition) is 4. The van der Waals surface area contributed by atoms with E-state index in [9.17, 15) is 4.79 Å². The summed E-state index contributed by atoms with van der Waals surface area (Å²) in [6.45, 7) is 5.00. The van der Waals surface area contributed by atoms with Crippen molar-refractivity contribution in [3.63, 3.8) is 0 Å². The monoisotopic (exact) mass is 263 g/mol. The summed E-state index contributed by atoms with van der Waals surface area (Å²) < 4.78 is 0. The van der Waals surface area contributed by atoms with Crippen molar-refractivity contribution in [2.75, 3.05) is 26.2 Å². The Hall–Kier alpha value is -1.46. The number of carboxylic acids is 1. The molecule has 0 unspecified atom stereocenters. The van der Waals surface area contributed by atoms with E-state index in [1.807, 2.05) is 6.07 Å². The number of carbonyl (C=O) groups is 1. The Bertz CT molecular complexity index is 417. The SMILES string of the molecule is O=C(O)c1cccc(CNCCN2CCCCC2)n1. The van der Waals surface area contributed by atoms with Crippen LogP contribution in [-0.2, 0) is 6.54 Å². The van der Waals surface area contributed by atoms with E-state index in [-0.39, 0.29) is 5.69 Å². The van der Waals surface area contributed by atoms with Gasteiger partial charge in [0, 0.05) is 19.6 Å². The van der Waals surface area contributed by atoms with Gasteiger partial charge in [-0.2, -0.15) is 0 Å². The van der Waals surface area contributed by atoms with Crippen LogP contribution < -0.4 is 5.32 Å². The molecule has 0 bridgehead atoms. The predicted octanol–water partition coefficient (Wildman–Crippen LogP) is 1.36. The number of rotatable bonds is 6. The van der Waals surface area contributed by atoms with Crippen molar-refractivity contribution < 1.29 is 9.90 Å². The van der Waals surface area contributed by atoms with E-state index in [4.69, 9.17) is 5.11 Å². The van der Waals surface area contributed by atoms with Crippen molar-refractivity contribution in [2.24, 2.45) is 0 Å². The van der Waals surface area contributed by atoms with Gasteiger partial charge in [0.05, 0.1) is 5.69 Å².